The summed E-state index contributed by atoms with van der Waals surface area (Å²) in [7, 11) is 0. The number of hydrogen-bond donors (Lipinski definition) is 2. The van der Waals surface area contributed by atoms with Crippen molar-refractivity contribution in [1.82, 2.24) is 15.5 Å². The smallest absolute Gasteiger partial charge is 0.223 e. The molecule has 1 aromatic heterocycles. The molecule has 2 heterocycles. The highest BCUT2D eigenvalue weighted by molar-refractivity contribution is 7.11. The quantitative estimate of drug-likeness (QED) is 0.405. The van der Waals surface area contributed by atoms with E-state index < -0.39 is 0 Å². The summed E-state index contributed by atoms with van der Waals surface area (Å²) in [5, 5.41) is 6.62. The molecule has 2 N–H and O–H groups in total. The van der Waals surface area contributed by atoms with Gasteiger partial charge in [-0.3, -0.25) is 4.79 Å². The average Bonchev–Trinajstić information content (AvgIpc) is 3.35. The average molecular weight is 399 g/mol. The Kier molecular flexibility index (Phi) is 7.48. The standard InChI is InChI=1S/C22H30N4OS/c1-3-19-11-12-20(28-19)14-25-22(23-4-2)24-13-7-10-21(27)26-15-17-8-5-6-9-18(17)16-26/h5-6,8-9,11-12H,3-4,7,10,13-16H2,1-2H3,(H2,23,24,25). The number of fused-ring (bicyclic) bond motifs is 1. The van der Waals surface area contributed by atoms with Gasteiger partial charge in [0, 0.05) is 42.4 Å². The first-order valence-corrected chi connectivity index (χ1v) is 11.0. The maximum Gasteiger partial charge on any atom is 0.223 e. The Morgan fingerprint density at radius 1 is 1.07 bits per heavy atom. The van der Waals surface area contributed by atoms with Crippen LogP contribution in [0.5, 0.6) is 0 Å². The maximum atomic E-state index is 12.5. The van der Waals surface area contributed by atoms with Crippen LogP contribution < -0.4 is 10.6 Å². The lowest BCUT2D eigenvalue weighted by Crippen LogP contribution is -2.38. The van der Waals surface area contributed by atoms with Crippen LogP contribution in [0.15, 0.2) is 41.4 Å². The molecule has 6 heteroatoms. The number of benzene rings is 1. The van der Waals surface area contributed by atoms with Gasteiger partial charge >= 0.3 is 0 Å². The second-order valence-corrected chi connectivity index (χ2v) is 8.22. The Morgan fingerprint density at radius 3 is 2.43 bits per heavy atom. The van der Waals surface area contributed by atoms with Gasteiger partial charge in [0.1, 0.15) is 0 Å². The molecule has 3 rings (SSSR count). The maximum absolute atomic E-state index is 12.5. The van der Waals surface area contributed by atoms with Crippen molar-refractivity contribution in [2.45, 2.75) is 52.7 Å². The summed E-state index contributed by atoms with van der Waals surface area (Å²) in [5.74, 6) is 1.04. The molecule has 1 aliphatic rings. The summed E-state index contributed by atoms with van der Waals surface area (Å²) in [6.07, 6.45) is 2.43. The minimum absolute atomic E-state index is 0.227. The van der Waals surface area contributed by atoms with Gasteiger partial charge in [-0.05, 0) is 43.0 Å². The van der Waals surface area contributed by atoms with E-state index in [4.69, 9.17) is 0 Å². The zero-order valence-corrected chi connectivity index (χ0v) is 17.6. The highest BCUT2D eigenvalue weighted by Crippen LogP contribution is 2.22. The molecule has 0 unspecified atom stereocenters. The number of rotatable bonds is 8. The van der Waals surface area contributed by atoms with Crippen LogP contribution in [0.2, 0.25) is 0 Å². The van der Waals surface area contributed by atoms with Crippen LogP contribution >= 0.6 is 11.3 Å². The monoisotopic (exact) mass is 398 g/mol. The van der Waals surface area contributed by atoms with Crippen molar-refractivity contribution in [3.63, 3.8) is 0 Å². The molecule has 1 aromatic carbocycles. The highest BCUT2D eigenvalue weighted by atomic mass is 32.1. The Morgan fingerprint density at radius 2 is 1.79 bits per heavy atom. The van der Waals surface area contributed by atoms with Gasteiger partial charge in [-0.1, -0.05) is 31.2 Å². The van der Waals surface area contributed by atoms with E-state index in [1.165, 1.54) is 20.9 Å². The van der Waals surface area contributed by atoms with Gasteiger partial charge in [0.05, 0.1) is 6.54 Å². The first-order valence-electron chi connectivity index (χ1n) is 10.1. The minimum atomic E-state index is 0.227. The molecule has 0 aliphatic carbocycles. The number of guanidine groups is 1. The Hall–Kier alpha value is -2.34. The number of thiophene rings is 1. The summed E-state index contributed by atoms with van der Waals surface area (Å²) in [6.45, 7) is 7.97. The number of aliphatic imine (C=N–C) groups is 1. The Bertz CT molecular complexity index is 789. The largest absolute Gasteiger partial charge is 0.357 e. The van der Waals surface area contributed by atoms with E-state index in [-0.39, 0.29) is 5.91 Å². The molecule has 0 bridgehead atoms. The lowest BCUT2D eigenvalue weighted by Gasteiger charge is -2.16. The molecule has 0 spiro atoms. The highest BCUT2D eigenvalue weighted by Gasteiger charge is 2.22. The molecule has 5 nitrogen and oxygen atoms in total. The van der Waals surface area contributed by atoms with E-state index in [2.05, 4.69) is 53.7 Å². The Labute approximate surface area is 171 Å². The molecule has 0 saturated carbocycles. The predicted molar refractivity (Wildman–Crippen MR) is 116 cm³/mol. The molecule has 1 aliphatic heterocycles. The molecule has 28 heavy (non-hydrogen) atoms. The van der Waals surface area contributed by atoms with E-state index in [1.807, 2.05) is 28.4 Å². The van der Waals surface area contributed by atoms with Crippen molar-refractivity contribution in [2.75, 3.05) is 13.1 Å². The summed E-state index contributed by atoms with van der Waals surface area (Å²) < 4.78 is 0. The SMILES string of the molecule is CCNC(=NCc1ccc(CC)s1)NCCCC(=O)N1Cc2ccccc2C1. The first kappa shape index (κ1) is 20.4. The minimum Gasteiger partial charge on any atom is -0.357 e. The number of carbonyl (C=O) groups excluding carboxylic acids is 1. The first-order chi connectivity index (χ1) is 13.7. The number of aryl methyl sites for hydroxylation is 1. The second-order valence-electron chi connectivity index (χ2n) is 6.97. The third kappa shape index (κ3) is 5.58. The molecular formula is C22H30N4OS. The van der Waals surface area contributed by atoms with Gasteiger partial charge in [0.2, 0.25) is 5.91 Å². The fourth-order valence-electron chi connectivity index (χ4n) is 3.31. The van der Waals surface area contributed by atoms with Gasteiger partial charge in [0.25, 0.3) is 0 Å². The van der Waals surface area contributed by atoms with Crippen molar-refractivity contribution < 1.29 is 4.79 Å². The molecule has 150 valence electrons. The summed E-state index contributed by atoms with van der Waals surface area (Å²) >= 11 is 1.82. The fraction of sp³-hybridized carbons (Fsp3) is 0.455. The Balaban J connectivity index is 1.40. The third-order valence-corrected chi connectivity index (χ3v) is 6.07. The van der Waals surface area contributed by atoms with Crippen molar-refractivity contribution in [3.8, 4) is 0 Å². The molecule has 0 atom stereocenters. The van der Waals surface area contributed by atoms with Crippen molar-refractivity contribution in [3.05, 3.63) is 57.3 Å². The number of amides is 1. The normalized spacial score (nSPS) is 13.5. The molecule has 1 amide bonds. The topological polar surface area (TPSA) is 56.7 Å². The van der Waals surface area contributed by atoms with Crippen LogP contribution in [0.25, 0.3) is 0 Å². The summed E-state index contributed by atoms with van der Waals surface area (Å²) in [5.41, 5.74) is 2.55. The van der Waals surface area contributed by atoms with Crippen LogP contribution in [0, 0.1) is 0 Å². The predicted octanol–water partition coefficient (Wildman–Crippen LogP) is 3.69. The van der Waals surface area contributed by atoms with Gasteiger partial charge in [-0.2, -0.15) is 0 Å². The van der Waals surface area contributed by atoms with Crippen LogP contribution in [0.4, 0.5) is 0 Å². The van der Waals surface area contributed by atoms with Crippen LogP contribution in [-0.2, 0) is 30.8 Å². The van der Waals surface area contributed by atoms with Gasteiger partial charge in [0.15, 0.2) is 5.96 Å². The zero-order valence-electron chi connectivity index (χ0n) is 16.8. The van der Waals surface area contributed by atoms with Crippen molar-refractivity contribution in [2.24, 2.45) is 4.99 Å². The molecule has 2 aromatic rings. The molecule has 0 fully saturated rings. The van der Waals surface area contributed by atoms with E-state index in [1.54, 1.807) is 0 Å². The lowest BCUT2D eigenvalue weighted by atomic mass is 10.1. The van der Waals surface area contributed by atoms with E-state index in [0.29, 0.717) is 13.0 Å². The van der Waals surface area contributed by atoms with Crippen LogP contribution in [-0.4, -0.2) is 29.9 Å². The van der Waals surface area contributed by atoms with E-state index in [9.17, 15) is 4.79 Å². The van der Waals surface area contributed by atoms with Crippen LogP contribution in [0.1, 0.15) is 47.6 Å². The van der Waals surface area contributed by atoms with E-state index >= 15 is 0 Å². The van der Waals surface area contributed by atoms with Gasteiger partial charge in [-0.15, -0.1) is 11.3 Å². The second kappa shape index (κ2) is 10.3. The van der Waals surface area contributed by atoms with Crippen molar-refractivity contribution in [1.29, 1.82) is 0 Å². The van der Waals surface area contributed by atoms with Gasteiger partial charge < -0.3 is 15.5 Å². The number of carbonyl (C=O) groups is 1. The third-order valence-electron chi connectivity index (χ3n) is 4.86. The van der Waals surface area contributed by atoms with Gasteiger partial charge in [-0.25, -0.2) is 4.99 Å². The molecule has 0 saturated heterocycles. The fourth-order valence-corrected chi connectivity index (χ4v) is 4.19. The summed E-state index contributed by atoms with van der Waals surface area (Å²) in [4.78, 5) is 21.8. The number of hydrogen-bond acceptors (Lipinski definition) is 3. The molecular weight excluding hydrogens is 368 g/mol. The molecule has 0 radical (unpaired) electrons. The van der Waals surface area contributed by atoms with Crippen LogP contribution in [0.3, 0.4) is 0 Å². The number of nitrogens with zero attached hydrogens (tertiary/aromatic N) is 2. The van der Waals surface area contributed by atoms with Crippen molar-refractivity contribution >= 4 is 23.2 Å². The van der Waals surface area contributed by atoms with E-state index in [0.717, 1.165) is 45.0 Å². The zero-order chi connectivity index (χ0) is 19.8. The summed E-state index contributed by atoms with van der Waals surface area (Å²) in [6, 6.07) is 12.6. The number of nitrogens with one attached hydrogen (secondary N) is 2. The lowest BCUT2D eigenvalue weighted by molar-refractivity contribution is -0.131.